The zero-order valence-electron chi connectivity index (χ0n) is 18.5. The number of hydrogen-bond acceptors (Lipinski definition) is 7. The van der Waals surface area contributed by atoms with Crippen molar-refractivity contribution in [2.75, 3.05) is 38.2 Å². The normalized spacial score (nSPS) is 14.6. The zero-order chi connectivity index (χ0) is 23.5. The molecule has 10 nitrogen and oxygen atoms in total. The van der Waals surface area contributed by atoms with Crippen LogP contribution < -0.4 is 11.1 Å². The summed E-state index contributed by atoms with van der Waals surface area (Å²) in [5, 5.41) is 7.41. The minimum atomic E-state index is -0.492. The number of carbonyl (C=O) groups excluding carboxylic acids is 2. The van der Waals surface area contributed by atoms with Crippen LogP contribution in [0, 0.1) is 0 Å². The van der Waals surface area contributed by atoms with Gasteiger partial charge in [-0.2, -0.15) is 10.1 Å². The summed E-state index contributed by atoms with van der Waals surface area (Å²) in [5.41, 5.74) is 7.47. The smallest absolute Gasteiger partial charge is 0.292 e. The van der Waals surface area contributed by atoms with E-state index in [9.17, 15) is 9.59 Å². The second-order valence-electron chi connectivity index (χ2n) is 8.22. The van der Waals surface area contributed by atoms with Gasteiger partial charge in [-0.3, -0.25) is 14.3 Å². The van der Waals surface area contributed by atoms with Gasteiger partial charge in [-0.05, 0) is 44.6 Å². The van der Waals surface area contributed by atoms with E-state index < -0.39 is 5.91 Å². The SMILES string of the molecule is CN(C)C1CCN(C(=O)Cn2cc(-c3ccc(Cl)c(NC(=O)c4coc(N)n4)c3)cn2)CC1. The lowest BCUT2D eigenvalue weighted by Crippen LogP contribution is -2.45. The highest BCUT2D eigenvalue weighted by Gasteiger charge is 2.24. The Labute approximate surface area is 196 Å². The Morgan fingerprint density at radius 2 is 2.03 bits per heavy atom. The first-order chi connectivity index (χ1) is 15.8. The average Bonchev–Trinajstić information content (AvgIpc) is 3.44. The number of hydrogen-bond donors (Lipinski definition) is 2. The van der Waals surface area contributed by atoms with Gasteiger partial charge in [-0.15, -0.1) is 0 Å². The number of piperidine rings is 1. The standard InChI is InChI=1S/C22H26ClN7O3/c1-28(2)16-5-7-29(8-6-16)20(31)12-30-11-15(10-25-30)14-3-4-17(23)18(9-14)26-21(32)19-13-33-22(24)27-19/h3-4,9-11,13,16H,5-8,12H2,1-2H3,(H2,24,27)(H,26,32). The Hall–Kier alpha value is -3.37. The van der Waals surface area contributed by atoms with Gasteiger partial charge in [0, 0.05) is 30.9 Å². The highest BCUT2D eigenvalue weighted by Crippen LogP contribution is 2.29. The number of likely N-dealkylation sites (tertiary alicyclic amines) is 1. The number of carbonyl (C=O) groups is 2. The first kappa shape index (κ1) is 22.8. The van der Waals surface area contributed by atoms with Gasteiger partial charge in [0.25, 0.3) is 11.9 Å². The number of benzene rings is 1. The first-order valence-electron chi connectivity index (χ1n) is 10.6. The Morgan fingerprint density at radius 3 is 2.70 bits per heavy atom. The lowest BCUT2D eigenvalue weighted by atomic mass is 10.0. The van der Waals surface area contributed by atoms with E-state index in [1.807, 2.05) is 11.0 Å². The van der Waals surface area contributed by atoms with Crippen molar-refractivity contribution >= 4 is 35.1 Å². The van der Waals surface area contributed by atoms with Crippen molar-refractivity contribution in [2.45, 2.75) is 25.4 Å². The predicted octanol–water partition coefficient (Wildman–Crippen LogP) is 2.58. The van der Waals surface area contributed by atoms with Gasteiger partial charge >= 0.3 is 0 Å². The maximum absolute atomic E-state index is 12.7. The van der Waals surface area contributed by atoms with E-state index in [0.29, 0.717) is 16.8 Å². The molecule has 3 heterocycles. The maximum Gasteiger partial charge on any atom is 0.292 e. The molecule has 0 atom stereocenters. The Morgan fingerprint density at radius 1 is 1.27 bits per heavy atom. The van der Waals surface area contributed by atoms with E-state index >= 15 is 0 Å². The third-order valence-electron chi connectivity index (χ3n) is 5.78. The predicted molar refractivity (Wildman–Crippen MR) is 125 cm³/mol. The van der Waals surface area contributed by atoms with E-state index in [4.69, 9.17) is 21.8 Å². The molecule has 1 fully saturated rings. The van der Waals surface area contributed by atoms with Crippen molar-refractivity contribution in [1.82, 2.24) is 24.6 Å². The molecule has 0 unspecified atom stereocenters. The summed E-state index contributed by atoms with van der Waals surface area (Å²) in [4.78, 5) is 33.0. The molecule has 3 aromatic rings. The molecule has 0 bridgehead atoms. The average molecular weight is 472 g/mol. The Kier molecular flexibility index (Phi) is 6.66. The van der Waals surface area contributed by atoms with Crippen LogP contribution in [0.1, 0.15) is 23.3 Å². The van der Waals surface area contributed by atoms with Crippen LogP contribution in [0.5, 0.6) is 0 Å². The topological polar surface area (TPSA) is 123 Å². The van der Waals surface area contributed by atoms with Crippen LogP contribution in [-0.4, -0.2) is 69.6 Å². The summed E-state index contributed by atoms with van der Waals surface area (Å²) >= 11 is 6.25. The molecule has 11 heteroatoms. The molecule has 1 aliphatic rings. The van der Waals surface area contributed by atoms with Gasteiger partial charge in [0.2, 0.25) is 5.91 Å². The number of nitrogens with two attached hydrogens (primary N) is 1. The quantitative estimate of drug-likeness (QED) is 0.566. The van der Waals surface area contributed by atoms with Crippen LogP contribution in [0.4, 0.5) is 11.7 Å². The van der Waals surface area contributed by atoms with Gasteiger partial charge < -0.3 is 25.3 Å². The molecule has 1 aromatic carbocycles. The molecule has 0 radical (unpaired) electrons. The second-order valence-corrected chi connectivity index (χ2v) is 8.63. The number of rotatable bonds is 6. The summed E-state index contributed by atoms with van der Waals surface area (Å²) in [6.45, 7) is 1.69. The van der Waals surface area contributed by atoms with Crippen molar-refractivity contribution in [3.8, 4) is 11.1 Å². The van der Waals surface area contributed by atoms with E-state index in [1.165, 1.54) is 6.26 Å². The van der Waals surface area contributed by atoms with Crippen molar-refractivity contribution < 1.29 is 14.0 Å². The third kappa shape index (κ3) is 5.35. The molecule has 2 aromatic heterocycles. The van der Waals surface area contributed by atoms with Crippen molar-refractivity contribution in [3.05, 3.63) is 47.6 Å². The number of oxazole rings is 1. The van der Waals surface area contributed by atoms with Crippen LogP contribution in [0.25, 0.3) is 11.1 Å². The lowest BCUT2D eigenvalue weighted by Gasteiger charge is -2.35. The lowest BCUT2D eigenvalue weighted by molar-refractivity contribution is -0.133. The maximum atomic E-state index is 12.7. The molecule has 0 spiro atoms. The van der Waals surface area contributed by atoms with Crippen molar-refractivity contribution in [1.29, 1.82) is 0 Å². The highest BCUT2D eigenvalue weighted by molar-refractivity contribution is 6.34. The largest absolute Gasteiger partial charge is 0.431 e. The van der Waals surface area contributed by atoms with E-state index in [-0.39, 0.29) is 24.2 Å². The number of anilines is 2. The van der Waals surface area contributed by atoms with Crippen LogP contribution in [0.3, 0.4) is 0 Å². The van der Waals surface area contributed by atoms with Gasteiger partial charge in [-0.1, -0.05) is 17.7 Å². The van der Waals surface area contributed by atoms with Crippen LogP contribution in [-0.2, 0) is 11.3 Å². The first-order valence-corrected chi connectivity index (χ1v) is 11.0. The Balaban J connectivity index is 1.41. The van der Waals surface area contributed by atoms with E-state index in [1.54, 1.807) is 29.2 Å². The van der Waals surface area contributed by atoms with Gasteiger partial charge in [0.15, 0.2) is 5.69 Å². The third-order valence-corrected chi connectivity index (χ3v) is 6.11. The number of halogens is 1. The molecule has 1 saturated heterocycles. The van der Waals surface area contributed by atoms with Crippen LogP contribution in [0.15, 0.2) is 41.3 Å². The van der Waals surface area contributed by atoms with Gasteiger partial charge in [0.1, 0.15) is 12.8 Å². The summed E-state index contributed by atoms with van der Waals surface area (Å²) in [6.07, 6.45) is 6.61. The van der Waals surface area contributed by atoms with Crippen LogP contribution in [0.2, 0.25) is 5.02 Å². The zero-order valence-corrected chi connectivity index (χ0v) is 19.2. The highest BCUT2D eigenvalue weighted by atomic mass is 35.5. The fourth-order valence-electron chi connectivity index (χ4n) is 3.85. The molecular formula is C22H26ClN7O3. The molecule has 4 rings (SSSR count). The fraction of sp³-hybridized carbons (Fsp3) is 0.364. The number of nitrogen functional groups attached to an aromatic ring is 1. The molecule has 0 aliphatic carbocycles. The van der Waals surface area contributed by atoms with Gasteiger partial charge in [-0.25, -0.2) is 0 Å². The minimum absolute atomic E-state index is 0.0508. The Bertz CT molecular complexity index is 1150. The summed E-state index contributed by atoms with van der Waals surface area (Å²) < 4.78 is 6.49. The minimum Gasteiger partial charge on any atom is -0.431 e. The van der Waals surface area contributed by atoms with E-state index in [2.05, 4.69) is 34.4 Å². The molecule has 3 N–H and O–H groups in total. The molecule has 2 amide bonds. The van der Waals surface area contributed by atoms with Crippen LogP contribution >= 0.6 is 11.6 Å². The fourth-order valence-corrected chi connectivity index (χ4v) is 4.01. The summed E-state index contributed by atoms with van der Waals surface area (Å²) in [7, 11) is 4.15. The summed E-state index contributed by atoms with van der Waals surface area (Å²) in [6, 6.07) is 5.66. The molecular weight excluding hydrogens is 446 g/mol. The van der Waals surface area contributed by atoms with Crippen molar-refractivity contribution in [2.24, 2.45) is 0 Å². The molecule has 174 valence electrons. The van der Waals surface area contributed by atoms with Gasteiger partial charge in [0.05, 0.1) is 16.9 Å². The van der Waals surface area contributed by atoms with Crippen molar-refractivity contribution in [3.63, 3.8) is 0 Å². The number of aromatic nitrogens is 3. The number of nitrogens with one attached hydrogen (secondary N) is 1. The second kappa shape index (κ2) is 9.63. The van der Waals surface area contributed by atoms with E-state index in [0.717, 1.165) is 37.1 Å². The monoisotopic (exact) mass is 471 g/mol. The molecule has 1 aliphatic heterocycles. The molecule has 0 saturated carbocycles. The molecule has 33 heavy (non-hydrogen) atoms. The number of amides is 2. The number of nitrogens with zero attached hydrogens (tertiary/aromatic N) is 5. The summed E-state index contributed by atoms with van der Waals surface area (Å²) in [5.74, 6) is -0.438.